The van der Waals surface area contributed by atoms with Crippen molar-refractivity contribution in [3.8, 4) is 0 Å². The lowest BCUT2D eigenvalue weighted by Crippen LogP contribution is -2.48. The molecule has 0 spiro atoms. The molecule has 0 aliphatic carbocycles. The maximum absolute atomic E-state index is 13.3. The molecule has 1 aliphatic rings. The summed E-state index contributed by atoms with van der Waals surface area (Å²) in [4.78, 5) is 12.3. The molecule has 1 unspecified atom stereocenters. The summed E-state index contributed by atoms with van der Waals surface area (Å²) in [5, 5.41) is 13.0. The lowest BCUT2D eigenvalue weighted by molar-refractivity contribution is -0.126. The Labute approximate surface area is 123 Å². The van der Waals surface area contributed by atoms with Gasteiger partial charge in [-0.2, -0.15) is 11.8 Å². The van der Waals surface area contributed by atoms with Gasteiger partial charge in [0.25, 0.3) is 0 Å². The van der Waals surface area contributed by atoms with E-state index < -0.39 is 11.0 Å². The van der Waals surface area contributed by atoms with Gasteiger partial charge in [-0.05, 0) is 43.7 Å². The van der Waals surface area contributed by atoms with Gasteiger partial charge in [-0.3, -0.25) is 4.79 Å². The van der Waals surface area contributed by atoms with Crippen LogP contribution in [-0.4, -0.2) is 34.7 Å². The van der Waals surface area contributed by atoms with E-state index in [0.717, 1.165) is 5.75 Å². The molecular weight excluding hydrogens is 277 g/mol. The molecule has 1 atom stereocenters. The number of benzene rings is 1. The average molecular weight is 297 g/mol. The van der Waals surface area contributed by atoms with E-state index in [1.807, 2.05) is 0 Å². The van der Waals surface area contributed by atoms with Gasteiger partial charge in [0.15, 0.2) is 0 Å². The second-order valence-corrected chi connectivity index (χ2v) is 6.95. The lowest BCUT2D eigenvalue weighted by atomic mass is 9.83. The van der Waals surface area contributed by atoms with Crippen molar-refractivity contribution < 1.29 is 14.3 Å². The van der Waals surface area contributed by atoms with Crippen molar-refractivity contribution in [1.29, 1.82) is 0 Å². The monoisotopic (exact) mass is 297 g/mol. The molecule has 1 heterocycles. The van der Waals surface area contributed by atoms with E-state index in [4.69, 9.17) is 0 Å². The number of hydrogen-bond acceptors (Lipinski definition) is 3. The van der Waals surface area contributed by atoms with Gasteiger partial charge >= 0.3 is 0 Å². The number of hydrogen-bond donors (Lipinski definition) is 2. The number of amides is 1. The first-order valence-electron chi connectivity index (χ1n) is 6.68. The summed E-state index contributed by atoms with van der Waals surface area (Å²) in [7, 11) is 0. The van der Waals surface area contributed by atoms with Crippen LogP contribution in [0.3, 0.4) is 0 Å². The average Bonchev–Trinajstić information content (AvgIpc) is 2.83. The first kappa shape index (κ1) is 15.3. The van der Waals surface area contributed by atoms with Gasteiger partial charge in [-0.1, -0.05) is 12.1 Å². The van der Waals surface area contributed by atoms with E-state index in [9.17, 15) is 14.3 Å². The zero-order chi connectivity index (χ0) is 14.8. The summed E-state index contributed by atoms with van der Waals surface area (Å²) in [6.45, 7) is 3.76. The quantitative estimate of drug-likeness (QED) is 0.894. The van der Waals surface area contributed by atoms with Gasteiger partial charge < -0.3 is 10.4 Å². The van der Waals surface area contributed by atoms with Crippen LogP contribution in [0.1, 0.15) is 25.8 Å². The molecule has 0 bridgehead atoms. The number of carbonyl (C=O) groups is 1. The molecule has 0 radical (unpaired) electrons. The van der Waals surface area contributed by atoms with Crippen molar-refractivity contribution in [3.63, 3.8) is 0 Å². The minimum absolute atomic E-state index is 0.201. The zero-order valence-corrected chi connectivity index (χ0v) is 12.6. The highest BCUT2D eigenvalue weighted by Crippen LogP contribution is 2.28. The van der Waals surface area contributed by atoms with Gasteiger partial charge in [-0.25, -0.2) is 4.39 Å². The molecular formula is C15H20FNO2S. The SMILES string of the molecule is CC(C)(C(=O)NCC1(O)CCSC1)c1cccc(F)c1. The third-order valence-corrected chi connectivity index (χ3v) is 5.01. The number of rotatable bonds is 4. The fourth-order valence-corrected chi connectivity index (χ4v) is 3.50. The van der Waals surface area contributed by atoms with Crippen LogP contribution in [0.5, 0.6) is 0 Å². The van der Waals surface area contributed by atoms with Crippen LogP contribution in [0.25, 0.3) is 0 Å². The van der Waals surface area contributed by atoms with Crippen molar-refractivity contribution in [2.24, 2.45) is 0 Å². The van der Waals surface area contributed by atoms with Crippen molar-refractivity contribution in [1.82, 2.24) is 5.32 Å². The van der Waals surface area contributed by atoms with Crippen LogP contribution in [0.4, 0.5) is 4.39 Å². The van der Waals surface area contributed by atoms with Crippen molar-refractivity contribution >= 4 is 17.7 Å². The molecule has 2 N–H and O–H groups in total. The predicted octanol–water partition coefficient (Wildman–Crippen LogP) is 2.09. The molecule has 110 valence electrons. The zero-order valence-electron chi connectivity index (χ0n) is 11.8. The summed E-state index contributed by atoms with van der Waals surface area (Å²) in [5.41, 5.74) is -1.01. The molecule has 1 aliphatic heterocycles. The minimum atomic E-state index is -0.829. The van der Waals surface area contributed by atoms with E-state index >= 15 is 0 Å². The summed E-state index contributed by atoms with van der Waals surface area (Å²) in [5.74, 6) is 1.01. The van der Waals surface area contributed by atoms with Gasteiger partial charge in [0.1, 0.15) is 5.82 Å². The summed E-state index contributed by atoms with van der Waals surface area (Å²) in [6, 6.07) is 6.07. The van der Waals surface area contributed by atoms with E-state index in [2.05, 4.69) is 5.32 Å². The maximum atomic E-state index is 13.3. The smallest absolute Gasteiger partial charge is 0.230 e. The van der Waals surface area contributed by atoms with E-state index in [0.29, 0.717) is 17.7 Å². The Bertz CT molecular complexity index is 498. The van der Waals surface area contributed by atoms with Crippen LogP contribution in [-0.2, 0) is 10.2 Å². The number of thioether (sulfide) groups is 1. The Morgan fingerprint density at radius 2 is 2.30 bits per heavy atom. The second-order valence-electron chi connectivity index (χ2n) is 5.84. The largest absolute Gasteiger partial charge is 0.387 e. The maximum Gasteiger partial charge on any atom is 0.230 e. The first-order chi connectivity index (χ1) is 9.33. The highest BCUT2D eigenvalue weighted by molar-refractivity contribution is 7.99. The van der Waals surface area contributed by atoms with E-state index in [1.165, 1.54) is 12.1 Å². The van der Waals surface area contributed by atoms with E-state index in [-0.39, 0.29) is 18.3 Å². The molecule has 1 saturated heterocycles. The summed E-state index contributed by atoms with van der Waals surface area (Å²) in [6.07, 6.45) is 0.693. The van der Waals surface area contributed by atoms with Crippen molar-refractivity contribution in [3.05, 3.63) is 35.6 Å². The molecule has 2 rings (SSSR count). The summed E-state index contributed by atoms with van der Waals surface area (Å²) >= 11 is 1.69. The Balaban J connectivity index is 2.03. The summed E-state index contributed by atoms with van der Waals surface area (Å²) < 4.78 is 13.3. The molecule has 1 amide bonds. The topological polar surface area (TPSA) is 49.3 Å². The number of halogens is 1. The van der Waals surface area contributed by atoms with E-state index in [1.54, 1.807) is 37.7 Å². The Kier molecular flexibility index (Phi) is 4.39. The van der Waals surface area contributed by atoms with Crippen molar-refractivity contribution in [2.45, 2.75) is 31.3 Å². The Hall–Kier alpha value is -1.07. The molecule has 1 aromatic rings. The minimum Gasteiger partial charge on any atom is -0.387 e. The molecule has 20 heavy (non-hydrogen) atoms. The molecule has 1 fully saturated rings. The highest BCUT2D eigenvalue weighted by Gasteiger charge is 2.35. The first-order valence-corrected chi connectivity index (χ1v) is 7.83. The fourth-order valence-electron chi connectivity index (χ4n) is 2.21. The Morgan fingerprint density at radius 3 is 2.90 bits per heavy atom. The predicted molar refractivity (Wildman–Crippen MR) is 79.3 cm³/mol. The fraction of sp³-hybridized carbons (Fsp3) is 0.533. The number of aliphatic hydroxyl groups is 1. The van der Waals surface area contributed by atoms with Crippen LogP contribution in [0.15, 0.2) is 24.3 Å². The van der Waals surface area contributed by atoms with Gasteiger partial charge in [0, 0.05) is 12.3 Å². The van der Waals surface area contributed by atoms with Gasteiger partial charge in [0.05, 0.1) is 11.0 Å². The standard InChI is InChI=1S/C15H20FNO2S/c1-14(2,11-4-3-5-12(16)8-11)13(18)17-9-15(19)6-7-20-10-15/h3-5,8,19H,6-7,9-10H2,1-2H3,(H,17,18). The van der Waals surface area contributed by atoms with Crippen molar-refractivity contribution in [2.75, 3.05) is 18.1 Å². The normalized spacial score (nSPS) is 22.8. The third-order valence-electron chi connectivity index (χ3n) is 3.77. The van der Waals surface area contributed by atoms with Crippen LogP contribution in [0.2, 0.25) is 0 Å². The third kappa shape index (κ3) is 3.33. The number of carbonyl (C=O) groups excluding carboxylic acids is 1. The number of nitrogens with one attached hydrogen (secondary N) is 1. The molecule has 3 nitrogen and oxygen atoms in total. The molecule has 0 saturated carbocycles. The Morgan fingerprint density at radius 1 is 1.55 bits per heavy atom. The molecule has 0 aromatic heterocycles. The van der Waals surface area contributed by atoms with Gasteiger partial charge in [-0.15, -0.1) is 0 Å². The van der Waals surface area contributed by atoms with Crippen LogP contribution >= 0.6 is 11.8 Å². The van der Waals surface area contributed by atoms with Crippen LogP contribution in [0, 0.1) is 5.82 Å². The molecule has 5 heteroatoms. The molecule has 1 aromatic carbocycles. The highest BCUT2D eigenvalue weighted by atomic mass is 32.2. The van der Waals surface area contributed by atoms with Crippen LogP contribution < -0.4 is 5.32 Å². The lowest BCUT2D eigenvalue weighted by Gasteiger charge is -2.28. The van der Waals surface area contributed by atoms with Gasteiger partial charge in [0.2, 0.25) is 5.91 Å². The second kappa shape index (κ2) is 5.74.